The van der Waals surface area contributed by atoms with Gasteiger partial charge in [0.25, 0.3) is 0 Å². The van der Waals surface area contributed by atoms with Crippen LogP contribution in [0.3, 0.4) is 0 Å². The second kappa shape index (κ2) is 5.21. The first-order chi connectivity index (χ1) is 6.99. The molecule has 0 bridgehead atoms. The first-order valence-corrected chi connectivity index (χ1v) is 5.94. The van der Waals surface area contributed by atoms with Gasteiger partial charge >= 0.3 is 0 Å². The molecule has 0 aliphatic heterocycles. The van der Waals surface area contributed by atoms with Crippen LogP contribution in [0.4, 0.5) is 0 Å². The summed E-state index contributed by atoms with van der Waals surface area (Å²) in [5.41, 5.74) is 7.97. The number of aryl methyl sites for hydroxylation is 2. The maximum atomic E-state index is 7.24. The monoisotopic (exact) mass is 222 g/mol. The average Bonchev–Trinajstić information content (AvgIpc) is 2.08. The number of hydrogen-bond acceptors (Lipinski definition) is 2. The minimum Gasteiger partial charge on any atom is -0.388 e. The Kier molecular flexibility index (Phi) is 4.21. The van der Waals surface area contributed by atoms with Crippen LogP contribution in [0.25, 0.3) is 0 Å². The van der Waals surface area contributed by atoms with E-state index >= 15 is 0 Å². The third kappa shape index (κ3) is 3.96. The van der Waals surface area contributed by atoms with Crippen LogP contribution >= 0.6 is 11.8 Å². The van der Waals surface area contributed by atoms with E-state index in [0.29, 0.717) is 11.7 Å². The highest BCUT2D eigenvalue weighted by Gasteiger charge is 2.07. The van der Waals surface area contributed by atoms with Crippen LogP contribution in [0.1, 0.15) is 24.5 Å². The molecule has 0 aromatic heterocycles. The molecule has 3 N–H and O–H groups in total. The van der Waals surface area contributed by atoms with E-state index in [4.69, 9.17) is 11.1 Å². The zero-order chi connectivity index (χ0) is 11.4. The smallest absolute Gasteiger partial charge is 0.0916 e. The van der Waals surface area contributed by atoms with Crippen molar-refractivity contribution in [2.75, 3.05) is 0 Å². The fourth-order valence-corrected chi connectivity index (χ4v) is 2.59. The van der Waals surface area contributed by atoms with Crippen LogP contribution in [0.15, 0.2) is 23.1 Å². The Bertz CT molecular complexity index is 361. The van der Waals surface area contributed by atoms with Gasteiger partial charge in [-0.25, -0.2) is 0 Å². The van der Waals surface area contributed by atoms with E-state index in [0.717, 1.165) is 0 Å². The Morgan fingerprint density at radius 3 is 2.67 bits per heavy atom. The lowest BCUT2D eigenvalue weighted by Gasteiger charge is -2.12. The Morgan fingerprint density at radius 2 is 2.13 bits per heavy atom. The van der Waals surface area contributed by atoms with Crippen LogP contribution in [0.2, 0.25) is 0 Å². The number of hydrogen-bond donors (Lipinski definition) is 2. The Morgan fingerprint density at radius 1 is 1.47 bits per heavy atom. The van der Waals surface area contributed by atoms with E-state index in [2.05, 4.69) is 39.0 Å². The highest BCUT2D eigenvalue weighted by molar-refractivity contribution is 8.00. The summed E-state index contributed by atoms with van der Waals surface area (Å²) in [6.07, 6.45) is 0.651. The van der Waals surface area contributed by atoms with Gasteiger partial charge in [0.15, 0.2) is 0 Å². The van der Waals surface area contributed by atoms with E-state index in [1.165, 1.54) is 16.0 Å². The molecule has 0 aliphatic rings. The zero-order valence-corrected chi connectivity index (χ0v) is 10.3. The Hall–Kier alpha value is -0.960. The van der Waals surface area contributed by atoms with Gasteiger partial charge in [0.1, 0.15) is 0 Å². The van der Waals surface area contributed by atoms with Gasteiger partial charge in [-0.05, 0) is 25.5 Å². The first-order valence-electron chi connectivity index (χ1n) is 5.06. The lowest BCUT2D eigenvalue weighted by atomic mass is 10.2. The molecule has 1 aromatic rings. The summed E-state index contributed by atoms with van der Waals surface area (Å²) < 4.78 is 0. The molecule has 15 heavy (non-hydrogen) atoms. The normalized spacial score (nSPS) is 12.5. The molecule has 1 unspecified atom stereocenters. The van der Waals surface area contributed by atoms with Crippen molar-refractivity contribution in [1.82, 2.24) is 0 Å². The largest absolute Gasteiger partial charge is 0.388 e. The van der Waals surface area contributed by atoms with Crippen molar-refractivity contribution in [2.24, 2.45) is 5.73 Å². The second-order valence-corrected chi connectivity index (χ2v) is 5.41. The van der Waals surface area contributed by atoms with E-state index in [1.54, 1.807) is 11.8 Å². The predicted octanol–water partition coefficient (Wildman–Crippen LogP) is 3.11. The summed E-state index contributed by atoms with van der Waals surface area (Å²) in [4.78, 5) is 1.29. The van der Waals surface area contributed by atoms with Gasteiger partial charge in [0, 0.05) is 16.6 Å². The summed E-state index contributed by atoms with van der Waals surface area (Å²) in [5.74, 6) is 0.264. The number of thioether (sulfide) groups is 1. The molecule has 0 saturated carbocycles. The van der Waals surface area contributed by atoms with E-state index in [1.807, 2.05) is 0 Å². The molecular formula is C12H18N2S. The van der Waals surface area contributed by atoms with Gasteiger partial charge < -0.3 is 5.73 Å². The van der Waals surface area contributed by atoms with Crippen LogP contribution in [-0.2, 0) is 0 Å². The molecule has 0 saturated heterocycles. The predicted molar refractivity (Wildman–Crippen MR) is 67.8 cm³/mol. The standard InChI is InChI=1S/C12H18N2S/c1-8-4-5-11(9(2)6-8)15-10(3)7-12(13)14/h4-6,10H,7H2,1-3H3,(H3,13,14). The Labute approximate surface area is 95.8 Å². The van der Waals surface area contributed by atoms with Gasteiger partial charge in [-0.2, -0.15) is 0 Å². The van der Waals surface area contributed by atoms with E-state index < -0.39 is 0 Å². The van der Waals surface area contributed by atoms with Crippen molar-refractivity contribution >= 4 is 17.6 Å². The molecule has 0 aliphatic carbocycles. The van der Waals surface area contributed by atoms with Crippen molar-refractivity contribution in [3.63, 3.8) is 0 Å². The number of benzene rings is 1. The summed E-state index contributed by atoms with van der Waals surface area (Å²) in [7, 11) is 0. The number of rotatable bonds is 4. The van der Waals surface area contributed by atoms with E-state index in [9.17, 15) is 0 Å². The highest BCUT2D eigenvalue weighted by Crippen LogP contribution is 2.28. The van der Waals surface area contributed by atoms with Crippen molar-refractivity contribution in [3.05, 3.63) is 29.3 Å². The van der Waals surface area contributed by atoms with Gasteiger partial charge in [-0.15, -0.1) is 11.8 Å². The molecule has 0 fully saturated rings. The minimum atomic E-state index is 0.264. The molecule has 0 heterocycles. The van der Waals surface area contributed by atoms with Crippen LogP contribution < -0.4 is 5.73 Å². The maximum absolute atomic E-state index is 7.24. The maximum Gasteiger partial charge on any atom is 0.0916 e. The highest BCUT2D eigenvalue weighted by atomic mass is 32.2. The molecule has 3 heteroatoms. The molecule has 2 nitrogen and oxygen atoms in total. The summed E-state index contributed by atoms with van der Waals surface area (Å²) in [6, 6.07) is 6.45. The van der Waals surface area contributed by atoms with Crippen molar-refractivity contribution < 1.29 is 0 Å². The third-order valence-electron chi connectivity index (χ3n) is 2.17. The molecule has 0 amide bonds. The number of nitrogens with two attached hydrogens (primary N) is 1. The number of nitrogens with one attached hydrogen (secondary N) is 1. The van der Waals surface area contributed by atoms with Gasteiger partial charge in [-0.1, -0.05) is 24.6 Å². The fourth-order valence-electron chi connectivity index (χ4n) is 1.50. The first kappa shape index (κ1) is 12.1. The number of amidine groups is 1. The minimum absolute atomic E-state index is 0.264. The van der Waals surface area contributed by atoms with Crippen molar-refractivity contribution in [3.8, 4) is 0 Å². The average molecular weight is 222 g/mol. The van der Waals surface area contributed by atoms with Crippen LogP contribution in [0, 0.1) is 19.3 Å². The van der Waals surface area contributed by atoms with Gasteiger partial charge in [0.2, 0.25) is 0 Å². The zero-order valence-electron chi connectivity index (χ0n) is 9.50. The second-order valence-electron chi connectivity index (χ2n) is 3.93. The van der Waals surface area contributed by atoms with Crippen LogP contribution in [0.5, 0.6) is 0 Å². The molecule has 1 rings (SSSR count). The van der Waals surface area contributed by atoms with Crippen molar-refractivity contribution in [1.29, 1.82) is 5.41 Å². The molecule has 0 radical (unpaired) electrons. The molecule has 1 aromatic carbocycles. The summed E-state index contributed by atoms with van der Waals surface area (Å²) in [5, 5.41) is 7.61. The topological polar surface area (TPSA) is 49.9 Å². The Balaban J connectivity index is 2.68. The molecule has 0 spiro atoms. The lowest BCUT2D eigenvalue weighted by Crippen LogP contribution is -2.14. The fraction of sp³-hybridized carbons (Fsp3) is 0.417. The third-order valence-corrected chi connectivity index (χ3v) is 3.45. The molecule has 82 valence electrons. The van der Waals surface area contributed by atoms with Gasteiger partial charge in [-0.3, -0.25) is 5.41 Å². The van der Waals surface area contributed by atoms with Crippen molar-refractivity contribution in [2.45, 2.75) is 37.3 Å². The van der Waals surface area contributed by atoms with Crippen LogP contribution in [-0.4, -0.2) is 11.1 Å². The molecular weight excluding hydrogens is 204 g/mol. The SMILES string of the molecule is Cc1ccc(SC(C)CC(=N)N)c(C)c1. The molecule has 1 atom stereocenters. The lowest BCUT2D eigenvalue weighted by molar-refractivity contribution is 0.994. The van der Waals surface area contributed by atoms with E-state index in [-0.39, 0.29) is 5.84 Å². The summed E-state index contributed by atoms with van der Waals surface area (Å²) in [6.45, 7) is 6.32. The van der Waals surface area contributed by atoms with Gasteiger partial charge in [0.05, 0.1) is 5.84 Å². The summed E-state index contributed by atoms with van der Waals surface area (Å²) >= 11 is 1.79. The quantitative estimate of drug-likeness (QED) is 0.467.